The largest absolute Gasteiger partial charge is 0.380 e. The molecule has 0 aliphatic carbocycles. The van der Waals surface area contributed by atoms with E-state index in [0.717, 1.165) is 18.6 Å². The molecule has 4 N–H and O–H groups in total. The molecule has 0 aliphatic heterocycles. The number of anilines is 1. The molecule has 0 heterocycles. The van der Waals surface area contributed by atoms with Crippen LogP contribution in [0.5, 0.6) is 0 Å². The number of amides is 1. The molecule has 0 fully saturated rings. The standard InChI is InChI=1S/C14H21F2N3O2/c1-9(2)3-5-21-6-4-18-14(20)10-7-11(15)13(19-17)12(16)8-10/h7-9,19H,3-6,17H2,1-2H3,(H,18,20). The van der Waals surface area contributed by atoms with Crippen molar-refractivity contribution in [3.05, 3.63) is 29.3 Å². The first-order chi connectivity index (χ1) is 9.95. The maximum absolute atomic E-state index is 13.4. The molecule has 0 aliphatic rings. The zero-order valence-electron chi connectivity index (χ0n) is 12.2. The molecule has 1 amide bonds. The summed E-state index contributed by atoms with van der Waals surface area (Å²) in [5.74, 6) is 3.13. The van der Waals surface area contributed by atoms with E-state index in [-0.39, 0.29) is 12.1 Å². The van der Waals surface area contributed by atoms with Crippen LogP contribution in [0.1, 0.15) is 30.6 Å². The lowest BCUT2D eigenvalue weighted by Crippen LogP contribution is -2.28. The number of nitrogen functional groups attached to an aromatic ring is 1. The fourth-order valence-corrected chi connectivity index (χ4v) is 1.60. The van der Waals surface area contributed by atoms with Crippen molar-refractivity contribution in [2.24, 2.45) is 11.8 Å². The highest BCUT2D eigenvalue weighted by molar-refractivity contribution is 5.94. The third kappa shape index (κ3) is 5.65. The summed E-state index contributed by atoms with van der Waals surface area (Å²) in [6, 6.07) is 1.85. The van der Waals surface area contributed by atoms with Gasteiger partial charge in [0.15, 0.2) is 11.6 Å². The third-order valence-electron chi connectivity index (χ3n) is 2.82. The summed E-state index contributed by atoms with van der Waals surface area (Å²) >= 11 is 0. The van der Waals surface area contributed by atoms with E-state index in [9.17, 15) is 13.6 Å². The van der Waals surface area contributed by atoms with Crippen molar-refractivity contribution in [2.45, 2.75) is 20.3 Å². The molecule has 0 atom stereocenters. The van der Waals surface area contributed by atoms with E-state index in [1.165, 1.54) is 0 Å². The molecule has 1 aromatic carbocycles. The van der Waals surface area contributed by atoms with Gasteiger partial charge < -0.3 is 15.5 Å². The lowest BCUT2D eigenvalue weighted by atomic mass is 10.1. The van der Waals surface area contributed by atoms with E-state index in [1.54, 1.807) is 0 Å². The van der Waals surface area contributed by atoms with E-state index < -0.39 is 23.2 Å². The fourth-order valence-electron chi connectivity index (χ4n) is 1.60. The molecule has 0 bridgehead atoms. The summed E-state index contributed by atoms with van der Waals surface area (Å²) in [7, 11) is 0. The Morgan fingerprint density at radius 1 is 1.29 bits per heavy atom. The molecule has 21 heavy (non-hydrogen) atoms. The Balaban J connectivity index is 2.42. The number of benzene rings is 1. The molecule has 1 rings (SSSR count). The summed E-state index contributed by atoms with van der Waals surface area (Å²) in [5, 5.41) is 2.53. The Morgan fingerprint density at radius 2 is 1.90 bits per heavy atom. The third-order valence-corrected chi connectivity index (χ3v) is 2.82. The number of hydrogen-bond donors (Lipinski definition) is 3. The van der Waals surface area contributed by atoms with E-state index >= 15 is 0 Å². The molecule has 0 unspecified atom stereocenters. The normalized spacial score (nSPS) is 10.8. The van der Waals surface area contributed by atoms with E-state index in [1.807, 2.05) is 5.43 Å². The van der Waals surface area contributed by atoms with E-state index in [4.69, 9.17) is 10.6 Å². The van der Waals surface area contributed by atoms with Gasteiger partial charge in [0.05, 0.1) is 6.61 Å². The predicted octanol–water partition coefficient (Wildman–Crippen LogP) is 2.04. The minimum absolute atomic E-state index is 0.105. The van der Waals surface area contributed by atoms with Crippen molar-refractivity contribution < 1.29 is 18.3 Å². The molecule has 0 saturated heterocycles. The number of halogens is 2. The summed E-state index contributed by atoms with van der Waals surface area (Å²) in [6.45, 7) is 5.43. The molecular formula is C14H21F2N3O2. The molecule has 118 valence electrons. The maximum atomic E-state index is 13.4. The van der Waals surface area contributed by atoms with Crippen molar-refractivity contribution in [1.82, 2.24) is 5.32 Å². The highest BCUT2D eigenvalue weighted by Crippen LogP contribution is 2.19. The summed E-state index contributed by atoms with van der Waals surface area (Å²) in [6.07, 6.45) is 0.942. The van der Waals surface area contributed by atoms with Crippen molar-refractivity contribution in [3.8, 4) is 0 Å². The molecule has 5 nitrogen and oxygen atoms in total. The summed E-state index contributed by atoms with van der Waals surface area (Å²) in [5.41, 5.74) is 1.33. The van der Waals surface area contributed by atoms with Gasteiger partial charge in [-0.3, -0.25) is 10.6 Å². The highest BCUT2D eigenvalue weighted by atomic mass is 19.1. The van der Waals surface area contributed by atoms with Crippen LogP contribution in [0.3, 0.4) is 0 Å². The van der Waals surface area contributed by atoms with Gasteiger partial charge in [0.1, 0.15) is 5.69 Å². The van der Waals surface area contributed by atoms with Crippen LogP contribution in [-0.4, -0.2) is 25.7 Å². The van der Waals surface area contributed by atoms with Gasteiger partial charge in [-0.25, -0.2) is 8.78 Å². The number of hydrogen-bond acceptors (Lipinski definition) is 4. The number of rotatable bonds is 8. The van der Waals surface area contributed by atoms with Crippen LogP contribution in [0.4, 0.5) is 14.5 Å². The molecule has 0 radical (unpaired) electrons. The first-order valence-electron chi connectivity index (χ1n) is 6.77. The van der Waals surface area contributed by atoms with Crippen molar-refractivity contribution >= 4 is 11.6 Å². The van der Waals surface area contributed by atoms with Gasteiger partial charge in [0, 0.05) is 18.7 Å². The summed E-state index contributed by atoms with van der Waals surface area (Å²) in [4.78, 5) is 11.7. The maximum Gasteiger partial charge on any atom is 0.251 e. The lowest BCUT2D eigenvalue weighted by Gasteiger charge is -2.09. The van der Waals surface area contributed by atoms with Crippen LogP contribution in [0, 0.1) is 17.6 Å². The minimum atomic E-state index is -0.921. The SMILES string of the molecule is CC(C)CCOCCNC(=O)c1cc(F)c(NN)c(F)c1. The Hall–Kier alpha value is -1.73. The lowest BCUT2D eigenvalue weighted by molar-refractivity contribution is 0.0905. The first-order valence-corrected chi connectivity index (χ1v) is 6.77. The van der Waals surface area contributed by atoms with Crippen LogP contribution in [0.2, 0.25) is 0 Å². The number of hydrazine groups is 1. The number of carbonyl (C=O) groups excluding carboxylic acids is 1. The second-order valence-corrected chi connectivity index (χ2v) is 5.01. The van der Waals surface area contributed by atoms with Crippen molar-refractivity contribution in [1.29, 1.82) is 0 Å². The second-order valence-electron chi connectivity index (χ2n) is 5.01. The monoisotopic (exact) mass is 301 g/mol. The van der Waals surface area contributed by atoms with Crippen molar-refractivity contribution in [3.63, 3.8) is 0 Å². The first kappa shape index (κ1) is 17.3. The summed E-state index contributed by atoms with van der Waals surface area (Å²) < 4.78 is 32.2. The van der Waals surface area contributed by atoms with Crippen LogP contribution in [-0.2, 0) is 4.74 Å². The minimum Gasteiger partial charge on any atom is -0.380 e. The van der Waals surface area contributed by atoms with Crippen LogP contribution in [0.15, 0.2) is 12.1 Å². The average Bonchev–Trinajstić information content (AvgIpc) is 2.41. The van der Waals surface area contributed by atoms with Crippen LogP contribution >= 0.6 is 0 Å². The van der Waals surface area contributed by atoms with E-state index in [0.29, 0.717) is 19.1 Å². The van der Waals surface area contributed by atoms with Crippen LogP contribution in [0.25, 0.3) is 0 Å². The van der Waals surface area contributed by atoms with Gasteiger partial charge in [-0.05, 0) is 24.5 Å². The number of carbonyl (C=O) groups is 1. The number of nitrogens with one attached hydrogen (secondary N) is 2. The Morgan fingerprint density at radius 3 is 2.43 bits per heavy atom. The zero-order valence-corrected chi connectivity index (χ0v) is 12.2. The molecule has 7 heteroatoms. The average molecular weight is 301 g/mol. The Labute approximate surface area is 122 Å². The van der Waals surface area contributed by atoms with Gasteiger partial charge in [-0.2, -0.15) is 0 Å². The van der Waals surface area contributed by atoms with Gasteiger partial charge in [0.25, 0.3) is 5.91 Å². The van der Waals surface area contributed by atoms with Crippen molar-refractivity contribution in [2.75, 3.05) is 25.2 Å². The number of nitrogens with two attached hydrogens (primary N) is 1. The van der Waals surface area contributed by atoms with Gasteiger partial charge in [-0.15, -0.1) is 0 Å². The topological polar surface area (TPSA) is 76.4 Å². The molecule has 0 aromatic heterocycles. The predicted molar refractivity (Wildman–Crippen MR) is 76.8 cm³/mol. The number of ether oxygens (including phenoxy) is 1. The smallest absolute Gasteiger partial charge is 0.251 e. The Bertz CT molecular complexity index is 458. The highest BCUT2D eigenvalue weighted by Gasteiger charge is 2.14. The second kappa shape index (κ2) is 8.53. The molecule has 0 saturated carbocycles. The molecule has 0 spiro atoms. The zero-order chi connectivity index (χ0) is 15.8. The molecular weight excluding hydrogens is 280 g/mol. The Kier molecular flexibility index (Phi) is 7.04. The van der Waals surface area contributed by atoms with Gasteiger partial charge in [0.2, 0.25) is 0 Å². The molecule has 1 aromatic rings. The van der Waals surface area contributed by atoms with Crippen LogP contribution < -0.4 is 16.6 Å². The fraction of sp³-hybridized carbons (Fsp3) is 0.500. The van der Waals surface area contributed by atoms with Gasteiger partial charge in [-0.1, -0.05) is 13.8 Å². The van der Waals surface area contributed by atoms with E-state index in [2.05, 4.69) is 19.2 Å². The van der Waals surface area contributed by atoms with Gasteiger partial charge >= 0.3 is 0 Å². The quantitative estimate of drug-likeness (QED) is 0.390.